The van der Waals surface area contributed by atoms with Gasteiger partial charge in [-0.3, -0.25) is 0 Å². The van der Waals surface area contributed by atoms with Gasteiger partial charge in [0.15, 0.2) is 0 Å². The molecular weight excluding hydrogens is 234 g/mol. The second kappa shape index (κ2) is 5.38. The summed E-state index contributed by atoms with van der Waals surface area (Å²) in [4.78, 5) is 0. The molecule has 0 saturated heterocycles. The molecule has 0 spiro atoms. The zero-order valence-electron chi connectivity index (χ0n) is 11.0. The highest BCUT2D eigenvalue weighted by Crippen LogP contribution is 2.30. The Labute approximate surface area is 109 Å². The molecule has 0 aliphatic rings. The number of benzene rings is 1. The topological polar surface area (TPSA) is 32.3 Å². The van der Waals surface area contributed by atoms with Gasteiger partial charge in [0.05, 0.1) is 5.60 Å². The van der Waals surface area contributed by atoms with Gasteiger partial charge in [-0.2, -0.15) is 0 Å². The van der Waals surface area contributed by atoms with Gasteiger partial charge in [0, 0.05) is 16.1 Å². The van der Waals surface area contributed by atoms with E-state index in [9.17, 15) is 5.11 Å². The Morgan fingerprint density at radius 3 is 2.29 bits per heavy atom. The normalized spacial score (nSPS) is 15.6. The van der Waals surface area contributed by atoms with Gasteiger partial charge < -0.3 is 10.4 Å². The number of aliphatic hydroxyl groups is 1. The van der Waals surface area contributed by atoms with Crippen LogP contribution in [-0.4, -0.2) is 17.2 Å². The molecule has 2 N–H and O–H groups in total. The Kier molecular flexibility index (Phi) is 4.59. The van der Waals surface area contributed by atoms with Crippen LogP contribution >= 0.6 is 11.6 Å². The van der Waals surface area contributed by atoms with Crippen molar-refractivity contribution < 1.29 is 5.11 Å². The highest BCUT2D eigenvalue weighted by atomic mass is 35.5. The van der Waals surface area contributed by atoms with E-state index in [0.717, 1.165) is 12.1 Å². The third kappa shape index (κ3) is 4.66. The quantitative estimate of drug-likeness (QED) is 0.865. The Balaban J connectivity index is 2.66. The average molecular weight is 256 g/mol. The standard InChI is InChI=1S/C14H22ClNO/c1-13(2,3)16-10-9-14(4,17)11-7-5-6-8-12(11)15/h5-8,16-17H,9-10H2,1-4H3. The van der Waals surface area contributed by atoms with Crippen molar-refractivity contribution in [2.75, 3.05) is 6.54 Å². The molecule has 3 heteroatoms. The SMILES string of the molecule is CC(C)(C)NCCC(C)(O)c1ccccc1Cl. The molecule has 0 heterocycles. The molecular formula is C14H22ClNO. The highest BCUT2D eigenvalue weighted by molar-refractivity contribution is 6.31. The van der Waals surface area contributed by atoms with E-state index < -0.39 is 5.60 Å². The van der Waals surface area contributed by atoms with Crippen LogP contribution in [0.1, 0.15) is 39.7 Å². The van der Waals surface area contributed by atoms with Crippen molar-refractivity contribution in [3.8, 4) is 0 Å². The van der Waals surface area contributed by atoms with E-state index in [1.807, 2.05) is 24.3 Å². The van der Waals surface area contributed by atoms with Crippen molar-refractivity contribution in [2.45, 2.75) is 45.3 Å². The molecule has 1 aromatic rings. The maximum atomic E-state index is 10.4. The summed E-state index contributed by atoms with van der Waals surface area (Å²) in [7, 11) is 0. The average Bonchev–Trinajstić information content (AvgIpc) is 2.15. The molecule has 0 radical (unpaired) electrons. The molecule has 2 nitrogen and oxygen atoms in total. The van der Waals surface area contributed by atoms with E-state index in [2.05, 4.69) is 26.1 Å². The van der Waals surface area contributed by atoms with E-state index in [1.54, 1.807) is 6.92 Å². The molecule has 1 rings (SSSR count). The Morgan fingerprint density at radius 1 is 1.18 bits per heavy atom. The second-order valence-corrected chi connectivity index (χ2v) is 6.09. The summed E-state index contributed by atoms with van der Waals surface area (Å²) in [5.41, 5.74) is -0.0370. The second-order valence-electron chi connectivity index (χ2n) is 5.68. The first-order valence-electron chi connectivity index (χ1n) is 5.95. The van der Waals surface area contributed by atoms with Crippen LogP contribution in [0.4, 0.5) is 0 Å². The largest absolute Gasteiger partial charge is 0.385 e. The van der Waals surface area contributed by atoms with Crippen molar-refractivity contribution in [2.24, 2.45) is 0 Å². The fourth-order valence-electron chi connectivity index (χ4n) is 1.71. The van der Waals surface area contributed by atoms with Crippen LogP contribution in [0.25, 0.3) is 0 Å². The van der Waals surface area contributed by atoms with Gasteiger partial charge in [-0.1, -0.05) is 29.8 Å². The molecule has 1 atom stereocenters. The van der Waals surface area contributed by atoms with Crippen LogP contribution in [0, 0.1) is 0 Å². The van der Waals surface area contributed by atoms with E-state index in [4.69, 9.17) is 11.6 Å². The lowest BCUT2D eigenvalue weighted by molar-refractivity contribution is 0.0465. The van der Waals surface area contributed by atoms with Crippen molar-refractivity contribution in [1.29, 1.82) is 0 Å². The van der Waals surface area contributed by atoms with Gasteiger partial charge in [-0.05, 0) is 46.7 Å². The van der Waals surface area contributed by atoms with Gasteiger partial charge in [0.1, 0.15) is 0 Å². The maximum absolute atomic E-state index is 10.4. The van der Waals surface area contributed by atoms with Gasteiger partial charge >= 0.3 is 0 Å². The summed E-state index contributed by atoms with van der Waals surface area (Å²) in [6.45, 7) is 8.88. The summed E-state index contributed by atoms with van der Waals surface area (Å²) < 4.78 is 0. The molecule has 0 aliphatic carbocycles. The number of halogens is 1. The van der Waals surface area contributed by atoms with E-state index >= 15 is 0 Å². The summed E-state index contributed by atoms with van der Waals surface area (Å²) in [6, 6.07) is 7.45. The van der Waals surface area contributed by atoms with Crippen LogP contribution in [0.2, 0.25) is 5.02 Å². The van der Waals surface area contributed by atoms with Gasteiger partial charge in [-0.15, -0.1) is 0 Å². The van der Waals surface area contributed by atoms with Crippen molar-refractivity contribution >= 4 is 11.6 Å². The van der Waals surface area contributed by atoms with Crippen LogP contribution in [0.3, 0.4) is 0 Å². The van der Waals surface area contributed by atoms with Crippen LogP contribution in [0.15, 0.2) is 24.3 Å². The van der Waals surface area contributed by atoms with Crippen molar-refractivity contribution in [3.63, 3.8) is 0 Å². The minimum Gasteiger partial charge on any atom is -0.385 e. The first kappa shape index (κ1) is 14.5. The van der Waals surface area contributed by atoms with E-state index in [0.29, 0.717) is 11.4 Å². The zero-order chi connectivity index (χ0) is 13.1. The first-order chi connectivity index (χ1) is 7.72. The maximum Gasteiger partial charge on any atom is 0.0895 e. The minimum atomic E-state index is -0.892. The van der Waals surface area contributed by atoms with E-state index in [-0.39, 0.29) is 5.54 Å². The summed E-state index contributed by atoms with van der Waals surface area (Å²) in [5.74, 6) is 0. The zero-order valence-corrected chi connectivity index (χ0v) is 11.8. The molecule has 0 bridgehead atoms. The molecule has 1 aromatic carbocycles. The van der Waals surface area contributed by atoms with Gasteiger partial charge in [0.2, 0.25) is 0 Å². The lowest BCUT2D eigenvalue weighted by Gasteiger charge is -2.28. The first-order valence-corrected chi connectivity index (χ1v) is 6.33. The van der Waals surface area contributed by atoms with Crippen LogP contribution in [0.5, 0.6) is 0 Å². The lowest BCUT2D eigenvalue weighted by Crippen LogP contribution is -2.39. The Morgan fingerprint density at radius 2 is 1.76 bits per heavy atom. The molecule has 0 amide bonds. The molecule has 0 fully saturated rings. The molecule has 96 valence electrons. The number of rotatable bonds is 4. The van der Waals surface area contributed by atoms with Crippen LogP contribution < -0.4 is 5.32 Å². The highest BCUT2D eigenvalue weighted by Gasteiger charge is 2.25. The molecule has 17 heavy (non-hydrogen) atoms. The van der Waals surface area contributed by atoms with Crippen LogP contribution in [-0.2, 0) is 5.60 Å². The van der Waals surface area contributed by atoms with Gasteiger partial charge in [0.25, 0.3) is 0 Å². The van der Waals surface area contributed by atoms with E-state index in [1.165, 1.54) is 0 Å². The third-order valence-electron chi connectivity index (χ3n) is 2.72. The predicted octanol–water partition coefficient (Wildman–Crippen LogP) is 3.33. The Hall–Kier alpha value is -0.570. The van der Waals surface area contributed by atoms with Crippen molar-refractivity contribution in [1.82, 2.24) is 5.32 Å². The smallest absolute Gasteiger partial charge is 0.0895 e. The third-order valence-corrected chi connectivity index (χ3v) is 3.05. The fraction of sp³-hybridized carbons (Fsp3) is 0.571. The number of hydrogen-bond acceptors (Lipinski definition) is 2. The summed E-state index contributed by atoms with van der Waals surface area (Å²) >= 11 is 6.10. The predicted molar refractivity (Wildman–Crippen MR) is 73.4 cm³/mol. The number of hydrogen-bond donors (Lipinski definition) is 2. The lowest BCUT2D eigenvalue weighted by atomic mass is 9.92. The number of nitrogens with one attached hydrogen (secondary N) is 1. The summed E-state index contributed by atoms with van der Waals surface area (Å²) in [5, 5.41) is 14.4. The molecule has 0 saturated carbocycles. The molecule has 0 aromatic heterocycles. The summed E-state index contributed by atoms with van der Waals surface area (Å²) in [6.07, 6.45) is 0.633. The molecule has 1 unspecified atom stereocenters. The fourth-order valence-corrected chi connectivity index (χ4v) is 2.05. The minimum absolute atomic E-state index is 0.0660. The van der Waals surface area contributed by atoms with Gasteiger partial charge in [-0.25, -0.2) is 0 Å². The monoisotopic (exact) mass is 255 g/mol. The van der Waals surface area contributed by atoms with Crippen molar-refractivity contribution in [3.05, 3.63) is 34.9 Å². The molecule has 0 aliphatic heterocycles. The Bertz CT molecular complexity index is 369.